The van der Waals surface area contributed by atoms with Crippen LogP contribution in [-0.4, -0.2) is 68.3 Å². The molecule has 32 heavy (non-hydrogen) atoms. The Morgan fingerprint density at radius 3 is 2.28 bits per heavy atom. The monoisotopic (exact) mass is 454 g/mol. The van der Waals surface area contributed by atoms with Crippen molar-refractivity contribution >= 4 is 17.9 Å². The van der Waals surface area contributed by atoms with Gasteiger partial charge in [-0.05, 0) is 32.1 Å². The number of rotatable bonds is 3. The topological polar surface area (TPSA) is 140 Å². The quantitative estimate of drug-likeness (QED) is 0.432. The maximum Gasteiger partial charge on any atom is 0.506 e. The molecule has 2 aliphatic carbocycles. The van der Waals surface area contributed by atoms with Crippen LogP contribution in [0.3, 0.4) is 0 Å². The molecule has 1 aliphatic heterocycles. The lowest BCUT2D eigenvalue weighted by atomic mass is 9.39. The van der Waals surface area contributed by atoms with E-state index in [1.54, 1.807) is 13.8 Å². The SMILES string of the molecule is C=C[C@@]1(C)CC(=O)[C@]2(OC(=O)O)[C@@]3(C)[C@@H](O)CCC(C)(C)[C@@H]3[C@H](O)[C@H](OC(C)=O)[C@@]2(C)O1. The third kappa shape index (κ3) is 2.97. The van der Waals surface area contributed by atoms with Crippen LogP contribution in [0, 0.1) is 16.7 Å². The van der Waals surface area contributed by atoms with Gasteiger partial charge in [-0.3, -0.25) is 9.59 Å². The predicted molar refractivity (Wildman–Crippen MR) is 112 cm³/mol. The molecule has 0 aromatic carbocycles. The fraction of sp³-hybridized carbons (Fsp3) is 0.783. The molecular formula is C23H34O9. The lowest BCUT2D eigenvalue weighted by molar-refractivity contribution is -0.370. The predicted octanol–water partition coefficient (Wildman–Crippen LogP) is 2.22. The minimum Gasteiger partial charge on any atom is -0.457 e. The van der Waals surface area contributed by atoms with E-state index in [1.165, 1.54) is 13.0 Å². The van der Waals surface area contributed by atoms with Crippen molar-refractivity contribution < 1.29 is 43.9 Å². The first kappa shape index (κ1) is 24.7. The van der Waals surface area contributed by atoms with E-state index in [1.807, 2.05) is 13.8 Å². The number of hydrogen-bond donors (Lipinski definition) is 3. The number of carboxylic acid groups (broad SMARTS) is 1. The van der Waals surface area contributed by atoms with Gasteiger partial charge in [-0.1, -0.05) is 26.8 Å². The summed E-state index contributed by atoms with van der Waals surface area (Å²) in [4.78, 5) is 38.1. The Morgan fingerprint density at radius 2 is 1.78 bits per heavy atom. The van der Waals surface area contributed by atoms with Crippen molar-refractivity contribution in [1.29, 1.82) is 0 Å². The highest BCUT2D eigenvalue weighted by Gasteiger charge is 2.83. The molecule has 180 valence electrons. The average Bonchev–Trinajstić information content (AvgIpc) is 2.64. The summed E-state index contributed by atoms with van der Waals surface area (Å²) in [6.45, 7) is 13.2. The van der Waals surface area contributed by atoms with E-state index in [-0.39, 0.29) is 12.8 Å². The van der Waals surface area contributed by atoms with Crippen LogP contribution >= 0.6 is 0 Å². The minimum atomic E-state index is -2.25. The van der Waals surface area contributed by atoms with E-state index in [2.05, 4.69) is 6.58 Å². The number of ketones is 1. The average molecular weight is 455 g/mol. The Kier molecular flexibility index (Phi) is 5.60. The standard InChI is InChI=1S/C23H34O9/c1-8-20(5)11-14(26)23(31-18(28)29)21(6)13(25)9-10-19(3,4)16(21)15(27)17(30-12(2)24)22(23,7)32-20/h8,13,15-17,25,27H,1,9-11H2,2-7H3,(H,28,29)/t13-,15-,16-,17-,20-,21-,22+,23-/m0/s1. The van der Waals surface area contributed by atoms with E-state index >= 15 is 0 Å². The number of hydrogen-bond acceptors (Lipinski definition) is 8. The van der Waals surface area contributed by atoms with Gasteiger partial charge in [-0.15, -0.1) is 6.58 Å². The van der Waals surface area contributed by atoms with Gasteiger partial charge < -0.3 is 29.5 Å². The molecule has 0 aromatic heterocycles. The van der Waals surface area contributed by atoms with Crippen LogP contribution in [0.4, 0.5) is 4.79 Å². The van der Waals surface area contributed by atoms with Gasteiger partial charge in [-0.2, -0.15) is 0 Å². The van der Waals surface area contributed by atoms with Crippen LogP contribution in [0.5, 0.6) is 0 Å². The van der Waals surface area contributed by atoms with E-state index in [0.717, 1.165) is 6.92 Å². The summed E-state index contributed by atoms with van der Waals surface area (Å²) in [5, 5.41) is 32.7. The lowest BCUT2D eigenvalue weighted by Crippen LogP contribution is -2.87. The number of carbonyl (C=O) groups excluding carboxylic acids is 2. The molecule has 0 amide bonds. The van der Waals surface area contributed by atoms with Gasteiger partial charge in [0.25, 0.3) is 0 Å². The summed E-state index contributed by atoms with van der Waals surface area (Å²) in [5.41, 5.74) is -7.67. The van der Waals surface area contributed by atoms with Crippen molar-refractivity contribution in [3.05, 3.63) is 12.7 Å². The zero-order valence-corrected chi connectivity index (χ0v) is 19.5. The highest BCUT2D eigenvalue weighted by molar-refractivity contribution is 5.94. The molecule has 9 heteroatoms. The van der Waals surface area contributed by atoms with Crippen LogP contribution in [0.2, 0.25) is 0 Å². The van der Waals surface area contributed by atoms with Gasteiger partial charge in [0.15, 0.2) is 17.5 Å². The molecular weight excluding hydrogens is 420 g/mol. The Labute approximate surface area is 187 Å². The van der Waals surface area contributed by atoms with Gasteiger partial charge in [0, 0.05) is 24.7 Å². The van der Waals surface area contributed by atoms with Crippen molar-refractivity contribution in [3.8, 4) is 0 Å². The Hall–Kier alpha value is -1.97. The van der Waals surface area contributed by atoms with Gasteiger partial charge >= 0.3 is 12.1 Å². The normalized spacial score (nSPS) is 47.6. The third-order valence-corrected chi connectivity index (χ3v) is 8.21. The molecule has 1 saturated heterocycles. The second-order valence-corrected chi connectivity index (χ2v) is 10.7. The molecule has 1 heterocycles. The van der Waals surface area contributed by atoms with Crippen LogP contribution in [0.1, 0.15) is 60.8 Å². The van der Waals surface area contributed by atoms with Crippen LogP contribution < -0.4 is 0 Å². The number of fused-ring (bicyclic) bond motifs is 3. The fourth-order valence-electron chi connectivity index (χ4n) is 7.03. The van der Waals surface area contributed by atoms with E-state index < -0.39 is 69.8 Å². The maximum atomic E-state index is 14.0. The highest BCUT2D eigenvalue weighted by Crippen LogP contribution is 2.68. The number of aliphatic hydroxyl groups is 2. The molecule has 9 nitrogen and oxygen atoms in total. The fourth-order valence-corrected chi connectivity index (χ4v) is 7.03. The molecule has 0 radical (unpaired) electrons. The zero-order chi connectivity index (χ0) is 24.5. The number of Topliss-reactive ketones (excluding diaryl/α,β-unsaturated/α-hetero) is 1. The molecule has 0 spiro atoms. The van der Waals surface area contributed by atoms with E-state index in [4.69, 9.17) is 14.2 Å². The second-order valence-electron chi connectivity index (χ2n) is 10.7. The van der Waals surface area contributed by atoms with Gasteiger partial charge in [0.2, 0.25) is 5.60 Å². The van der Waals surface area contributed by atoms with Crippen LogP contribution in [0.25, 0.3) is 0 Å². The van der Waals surface area contributed by atoms with Crippen LogP contribution in [0.15, 0.2) is 12.7 Å². The smallest absolute Gasteiger partial charge is 0.457 e. The summed E-state index contributed by atoms with van der Waals surface area (Å²) in [5.74, 6) is -2.21. The molecule has 2 saturated carbocycles. The number of carbonyl (C=O) groups is 3. The second kappa shape index (κ2) is 7.27. The molecule has 3 rings (SSSR count). The molecule has 3 aliphatic rings. The molecule has 3 N–H and O–H groups in total. The van der Waals surface area contributed by atoms with Crippen LogP contribution in [-0.2, 0) is 23.8 Å². The van der Waals surface area contributed by atoms with Crippen molar-refractivity contribution in [2.75, 3.05) is 0 Å². The first-order valence-electron chi connectivity index (χ1n) is 10.8. The van der Waals surface area contributed by atoms with Crippen molar-refractivity contribution in [3.63, 3.8) is 0 Å². The number of aliphatic hydroxyl groups excluding tert-OH is 2. The van der Waals surface area contributed by atoms with Crippen molar-refractivity contribution in [2.24, 2.45) is 16.7 Å². The molecule has 0 aromatic rings. The highest BCUT2D eigenvalue weighted by atomic mass is 16.7. The summed E-state index contributed by atoms with van der Waals surface area (Å²) in [6, 6.07) is 0. The van der Waals surface area contributed by atoms with Gasteiger partial charge in [-0.25, -0.2) is 4.79 Å². The first-order chi connectivity index (χ1) is 14.5. The van der Waals surface area contributed by atoms with Gasteiger partial charge in [0.05, 0.1) is 17.8 Å². The van der Waals surface area contributed by atoms with Gasteiger partial charge in [0.1, 0.15) is 0 Å². The van der Waals surface area contributed by atoms with Crippen molar-refractivity contribution in [2.45, 2.75) is 95.9 Å². The summed E-state index contributed by atoms with van der Waals surface area (Å²) >= 11 is 0. The van der Waals surface area contributed by atoms with E-state index in [9.17, 15) is 29.7 Å². The summed E-state index contributed by atoms with van der Waals surface area (Å²) < 4.78 is 17.3. The molecule has 8 atom stereocenters. The first-order valence-corrected chi connectivity index (χ1v) is 10.8. The largest absolute Gasteiger partial charge is 0.506 e. The Morgan fingerprint density at radius 1 is 1.19 bits per heavy atom. The summed E-state index contributed by atoms with van der Waals surface area (Å²) in [6.07, 6.45) is -3.83. The Bertz CT molecular complexity index is 852. The van der Waals surface area contributed by atoms with E-state index in [0.29, 0.717) is 6.42 Å². The number of esters is 1. The lowest BCUT2D eigenvalue weighted by Gasteiger charge is -2.71. The Balaban J connectivity index is 2.43. The van der Waals surface area contributed by atoms with Crippen molar-refractivity contribution in [1.82, 2.24) is 0 Å². The molecule has 0 bridgehead atoms. The number of ether oxygens (including phenoxy) is 3. The zero-order valence-electron chi connectivity index (χ0n) is 19.5. The molecule has 0 unspecified atom stereocenters. The summed E-state index contributed by atoms with van der Waals surface area (Å²) in [7, 11) is 0. The molecule has 3 fully saturated rings. The maximum absolute atomic E-state index is 14.0. The minimum absolute atomic E-state index is 0.262. The third-order valence-electron chi connectivity index (χ3n) is 8.21.